The molecule has 0 saturated carbocycles. The number of nitro groups is 1. The maximum Gasteiger partial charge on any atom is 0.363 e. The molecule has 76 valence electrons. The highest BCUT2D eigenvalue weighted by Crippen LogP contribution is 2.25. The minimum atomic E-state index is -2.72. The fourth-order valence-corrected chi connectivity index (χ4v) is 1.14. The van der Waals surface area contributed by atoms with Crippen molar-refractivity contribution in [2.24, 2.45) is 0 Å². The third-order valence-corrected chi connectivity index (χ3v) is 1.86. The lowest BCUT2D eigenvalue weighted by Crippen LogP contribution is -1.98. The van der Waals surface area contributed by atoms with Gasteiger partial charge in [0.2, 0.25) is 0 Å². The first-order chi connectivity index (χ1) is 6.56. The highest BCUT2D eigenvalue weighted by Gasteiger charge is 2.18. The largest absolute Gasteiger partial charge is 0.363 e. The maximum atomic E-state index is 12.3. The van der Waals surface area contributed by atoms with Gasteiger partial charge in [0.05, 0.1) is 5.56 Å². The molecule has 0 spiro atoms. The summed E-state index contributed by atoms with van der Waals surface area (Å²) >= 11 is 5.37. The van der Waals surface area contributed by atoms with Crippen molar-refractivity contribution < 1.29 is 13.7 Å². The van der Waals surface area contributed by atoms with Gasteiger partial charge in [0, 0.05) is 11.9 Å². The number of aromatic nitrogens is 1. The first-order valence-electron chi connectivity index (χ1n) is 3.53. The maximum absolute atomic E-state index is 12.3. The van der Waals surface area contributed by atoms with Crippen LogP contribution in [-0.4, -0.2) is 9.91 Å². The van der Waals surface area contributed by atoms with Crippen molar-refractivity contribution in [2.75, 3.05) is 0 Å². The topological polar surface area (TPSA) is 56.0 Å². The van der Waals surface area contributed by atoms with Gasteiger partial charge in [-0.2, -0.15) is 0 Å². The van der Waals surface area contributed by atoms with Crippen molar-refractivity contribution in [3.8, 4) is 0 Å². The molecule has 14 heavy (non-hydrogen) atoms. The summed E-state index contributed by atoms with van der Waals surface area (Å²) in [6.45, 7) is 0. The van der Waals surface area contributed by atoms with Crippen LogP contribution in [0.1, 0.15) is 17.6 Å². The van der Waals surface area contributed by atoms with E-state index in [1.165, 1.54) is 0 Å². The normalized spacial score (nSPS) is 10.6. The molecule has 0 unspecified atom stereocenters. The summed E-state index contributed by atoms with van der Waals surface area (Å²) in [5.41, 5.74) is -0.339. The third-order valence-electron chi connectivity index (χ3n) is 1.58. The molecule has 4 nitrogen and oxygen atoms in total. The summed E-state index contributed by atoms with van der Waals surface area (Å²) in [5, 5.41) is 10.3. The Morgan fingerprint density at radius 2 is 2.29 bits per heavy atom. The standard InChI is InChI=1S/C7H5ClF2N2O2/c8-2-4-1-6(12(13)14)11-3-5(4)7(9)10/h1,3,7H,2H2. The Kier molecular flexibility index (Phi) is 3.29. The van der Waals surface area contributed by atoms with Crippen LogP contribution < -0.4 is 0 Å². The second-order valence-corrected chi connectivity index (χ2v) is 2.70. The number of alkyl halides is 3. The van der Waals surface area contributed by atoms with Gasteiger partial charge in [-0.15, -0.1) is 11.6 Å². The molecular weight excluding hydrogens is 218 g/mol. The number of pyridine rings is 1. The molecule has 0 aliphatic carbocycles. The van der Waals surface area contributed by atoms with Gasteiger partial charge in [0.15, 0.2) is 0 Å². The minimum Gasteiger partial charge on any atom is -0.358 e. The Hall–Kier alpha value is -1.30. The lowest BCUT2D eigenvalue weighted by atomic mass is 10.1. The highest BCUT2D eigenvalue weighted by atomic mass is 35.5. The first kappa shape index (κ1) is 10.8. The fraction of sp³-hybridized carbons (Fsp3) is 0.286. The number of rotatable bonds is 3. The van der Waals surface area contributed by atoms with E-state index >= 15 is 0 Å². The van der Waals surface area contributed by atoms with Crippen molar-refractivity contribution in [3.05, 3.63) is 33.5 Å². The SMILES string of the molecule is O=[N+]([O-])c1cc(CCl)c(C(F)F)cn1. The van der Waals surface area contributed by atoms with Crippen molar-refractivity contribution in [2.45, 2.75) is 12.3 Å². The van der Waals surface area contributed by atoms with Crippen LogP contribution in [0.5, 0.6) is 0 Å². The lowest BCUT2D eigenvalue weighted by Gasteiger charge is -2.02. The summed E-state index contributed by atoms with van der Waals surface area (Å²) in [7, 11) is 0. The van der Waals surface area contributed by atoms with Gasteiger partial charge in [-0.25, -0.2) is 8.78 Å². The van der Waals surface area contributed by atoms with Crippen LogP contribution in [0.2, 0.25) is 0 Å². The number of hydrogen-bond acceptors (Lipinski definition) is 3. The predicted molar refractivity (Wildman–Crippen MR) is 45.4 cm³/mol. The molecule has 1 aromatic rings. The molecule has 1 rings (SSSR count). The van der Waals surface area contributed by atoms with Crippen LogP contribution in [0, 0.1) is 10.1 Å². The van der Waals surface area contributed by atoms with E-state index in [4.69, 9.17) is 11.6 Å². The molecule has 0 amide bonds. The molecule has 1 heterocycles. The van der Waals surface area contributed by atoms with Crippen molar-refractivity contribution in [1.29, 1.82) is 0 Å². The van der Waals surface area contributed by atoms with E-state index in [-0.39, 0.29) is 17.0 Å². The van der Waals surface area contributed by atoms with E-state index in [1.807, 2.05) is 0 Å². The molecule has 0 aromatic carbocycles. The number of halogens is 3. The van der Waals surface area contributed by atoms with E-state index in [0.717, 1.165) is 12.3 Å². The smallest absolute Gasteiger partial charge is 0.358 e. The summed E-state index contributed by atoms with van der Waals surface area (Å²) in [6.07, 6.45) is -1.95. The zero-order valence-corrected chi connectivity index (χ0v) is 7.54. The van der Waals surface area contributed by atoms with E-state index in [1.54, 1.807) is 0 Å². The molecule has 0 saturated heterocycles. The Morgan fingerprint density at radius 1 is 1.64 bits per heavy atom. The number of hydrogen-bond donors (Lipinski definition) is 0. The second kappa shape index (κ2) is 4.28. The number of nitrogens with zero attached hydrogens (tertiary/aromatic N) is 2. The summed E-state index contributed by atoms with van der Waals surface area (Å²) in [6, 6.07) is 0.953. The predicted octanol–water partition coefficient (Wildman–Crippen LogP) is 2.67. The molecular formula is C7H5ClF2N2O2. The Morgan fingerprint density at radius 3 is 2.71 bits per heavy atom. The van der Waals surface area contributed by atoms with Gasteiger partial charge in [0.25, 0.3) is 6.43 Å². The molecule has 0 aliphatic heterocycles. The van der Waals surface area contributed by atoms with Gasteiger partial charge in [-0.05, 0) is 15.5 Å². The van der Waals surface area contributed by atoms with Crippen molar-refractivity contribution in [3.63, 3.8) is 0 Å². The fourth-order valence-electron chi connectivity index (χ4n) is 0.907. The summed E-state index contributed by atoms with van der Waals surface area (Å²) < 4.78 is 24.6. The van der Waals surface area contributed by atoms with Crippen LogP contribution in [0.3, 0.4) is 0 Å². The van der Waals surface area contributed by atoms with Gasteiger partial charge >= 0.3 is 5.82 Å². The highest BCUT2D eigenvalue weighted by molar-refractivity contribution is 6.17. The molecule has 0 radical (unpaired) electrons. The lowest BCUT2D eigenvalue weighted by molar-refractivity contribution is -0.389. The molecule has 1 aromatic heterocycles. The van der Waals surface area contributed by atoms with Crippen LogP contribution in [0.15, 0.2) is 12.3 Å². The Labute approximate surface area is 82.7 Å². The minimum absolute atomic E-state index is 0.0309. The monoisotopic (exact) mass is 222 g/mol. The second-order valence-electron chi connectivity index (χ2n) is 2.43. The first-order valence-corrected chi connectivity index (χ1v) is 4.07. The molecule has 0 aliphatic rings. The Balaban J connectivity index is 3.18. The molecule has 0 bridgehead atoms. The summed E-state index contributed by atoms with van der Waals surface area (Å²) in [5.74, 6) is -0.687. The molecule has 7 heteroatoms. The van der Waals surface area contributed by atoms with Crippen LogP contribution >= 0.6 is 11.6 Å². The molecule has 0 fully saturated rings. The van der Waals surface area contributed by atoms with Crippen molar-refractivity contribution in [1.82, 2.24) is 4.98 Å². The Bertz CT molecular complexity index is 360. The van der Waals surface area contributed by atoms with Gasteiger partial charge in [-0.3, -0.25) is 0 Å². The molecule has 0 N–H and O–H groups in total. The average Bonchev–Trinajstić information content (AvgIpc) is 2.16. The van der Waals surface area contributed by atoms with Crippen LogP contribution in [-0.2, 0) is 5.88 Å². The van der Waals surface area contributed by atoms with Crippen molar-refractivity contribution >= 4 is 17.4 Å². The zero-order valence-electron chi connectivity index (χ0n) is 6.78. The zero-order chi connectivity index (χ0) is 10.7. The van der Waals surface area contributed by atoms with E-state index < -0.39 is 17.2 Å². The average molecular weight is 223 g/mol. The third kappa shape index (κ3) is 2.14. The van der Waals surface area contributed by atoms with Crippen LogP contribution in [0.4, 0.5) is 14.6 Å². The van der Waals surface area contributed by atoms with Gasteiger partial charge in [-0.1, -0.05) is 0 Å². The summed E-state index contributed by atoms with van der Waals surface area (Å²) in [4.78, 5) is 12.8. The van der Waals surface area contributed by atoms with Crippen LogP contribution in [0.25, 0.3) is 0 Å². The van der Waals surface area contributed by atoms with E-state index in [2.05, 4.69) is 4.98 Å². The quantitative estimate of drug-likeness (QED) is 0.449. The van der Waals surface area contributed by atoms with E-state index in [0.29, 0.717) is 0 Å². The van der Waals surface area contributed by atoms with E-state index in [9.17, 15) is 18.9 Å². The van der Waals surface area contributed by atoms with Gasteiger partial charge in [0.1, 0.15) is 6.20 Å². The van der Waals surface area contributed by atoms with Gasteiger partial charge < -0.3 is 10.1 Å². The molecule has 0 atom stereocenters.